The van der Waals surface area contributed by atoms with Crippen LogP contribution in [0.2, 0.25) is 0 Å². The molecule has 1 heterocycles. The molecule has 2 aromatic rings. The van der Waals surface area contributed by atoms with Crippen molar-refractivity contribution in [1.29, 1.82) is 0 Å². The summed E-state index contributed by atoms with van der Waals surface area (Å²) in [5.74, 6) is -0.0150. The smallest absolute Gasteiger partial charge is 0.217 e. The molecule has 2 atom stereocenters. The second kappa shape index (κ2) is 8.65. The molecule has 4 nitrogen and oxygen atoms in total. The summed E-state index contributed by atoms with van der Waals surface area (Å²) in [5, 5.41) is 2.36. The Hall–Kier alpha value is -2.63. The van der Waals surface area contributed by atoms with Gasteiger partial charge in [0.1, 0.15) is 17.4 Å². The van der Waals surface area contributed by atoms with Crippen LogP contribution in [0.15, 0.2) is 36.5 Å². The minimum absolute atomic E-state index is 0.0276. The van der Waals surface area contributed by atoms with Crippen molar-refractivity contribution in [1.82, 2.24) is 10.3 Å². The van der Waals surface area contributed by atoms with E-state index in [4.69, 9.17) is 0 Å². The molecular formula is C20H22F2N2O2. The lowest BCUT2D eigenvalue weighted by atomic mass is 10.1. The highest BCUT2D eigenvalue weighted by atomic mass is 19.1. The fraction of sp³-hybridized carbons (Fsp3) is 0.350. The second-order valence-corrected chi connectivity index (χ2v) is 6.57. The zero-order valence-electron chi connectivity index (χ0n) is 15.1. The molecule has 1 amide bonds. The molecule has 0 bridgehead atoms. The van der Waals surface area contributed by atoms with Crippen molar-refractivity contribution in [3.05, 3.63) is 53.7 Å². The summed E-state index contributed by atoms with van der Waals surface area (Å²) in [6, 6.07) is 7.29. The van der Waals surface area contributed by atoms with Crippen molar-refractivity contribution in [2.45, 2.75) is 33.1 Å². The zero-order valence-corrected chi connectivity index (χ0v) is 15.1. The Morgan fingerprint density at radius 2 is 1.77 bits per heavy atom. The Labute approximate surface area is 151 Å². The third-order valence-electron chi connectivity index (χ3n) is 4.07. The maximum Gasteiger partial charge on any atom is 0.217 e. The minimum atomic E-state index is -0.577. The van der Waals surface area contributed by atoms with Gasteiger partial charge in [0, 0.05) is 24.8 Å². The summed E-state index contributed by atoms with van der Waals surface area (Å²) >= 11 is 0. The summed E-state index contributed by atoms with van der Waals surface area (Å²) in [6.45, 7) is 5.16. The number of nitrogens with zero attached hydrogens (tertiary/aromatic N) is 1. The number of halogens is 2. The molecule has 0 spiro atoms. The number of Topliss-reactive ketones (excluding diaryl/α,β-unsaturated/α-hetero) is 1. The lowest BCUT2D eigenvalue weighted by Crippen LogP contribution is -2.25. The summed E-state index contributed by atoms with van der Waals surface area (Å²) < 4.78 is 26.2. The largest absolute Gasteiger partial charge is 0.349 e. The van der Waals surface area contributed by atoms with Gasteiger partial charge in [-0.05, 0) is 48.9 Å². The first-order valence-corrected chi connectivity index (χ1v) is 8.42. The summed E-state index contributed by atoms with van der Waals surface area (Å²) in [5.41, 5.74) is 2.29. The third-order valence-corrected chi connectivity index (χ3v) is 4.07. The lowest BCUT2D eigenvalue weighted by molar-refractivity contribution is -0.123. The van der Waals surface area contributed by atoms with Gasteiger partial charge in [0.15, 0.2) is 0 Å². The number of hydrogen-bond acceptors (Lipinski definition) is 3. The van der Waals surface area contributed by atoms with E-state index in [2.05, 4.69) is 17.2 Å². The van der Waals surface area contributed by atoms with Crippen molar-refractivity contribution < 1.29 is 18.4 Å². The van der Waals surface area contributed by atoms with E-state index in [1.807, 2.05) is 18.3 Å². The third kappa shape index (κ3) is 6.02. The highest BCUT2D eigenvalue weighted by Gasteiger charge is 2.33. The van der Waals surface area contributed by atoms with Crippen molar-refractivity contribution >= 4 is 11.7 Å². The maximum absolute atomic E-state index is 13.1. The van der Waals surface area contributed by atoms with E-state index in [1.165, 1.54) is 38.0 Å². The van der Waals surface area contributed by atoms with Gasteiger partial charge in [0.2, 0.25) is 5.91 Å². The van der Waals surface area contributed by atoms with Crippen molar-refractivity contribution in [3.8, 4) is 11.3 Å². The lowest BCUT2D eigenvalue weighted by Gasteiger charge is -2.03. The molecular weight excluding hydrogens is 338 g/mol. The Kier molecular flexibility index (Phi) is 6.55. The van der Waals surface area contributed by atoms with Gasteiger partial charge in [0.25, 0.3) is 0 Å². The molecule has 1 aromatic heterocycles. The highest BCUT2D eigenvalue weighted by molar-refractivity contribution is 5.83. The van der Waals surface area contributed by atoms with Crippen molar-refractivity contribution in [3.63, 3.8) is 0 Å². The number of pyridine rings is 1. The number of rotatable bonds is 4. The number of aromatic nitrogens is 1. The number of hydrogen-bond donors (Lipinski definition) is 1. The molecule has 0 aliphatic heterocycles. The van der Waals surface area contributed by atoms with E-state index in [0.717, 1.165) is 12.0 Å². The van der Waals surface area contributed by atoms with Gasteiger partial charge in [-0.3, -0.25) is 14.6 Å². The number of nitrogens with one attached hydrogen (secondary N) is 1. The molecule has 138 valence electrons. The average molecular weight is 360 g/mol. The number of carbonyl (C=O) groups excluding carboxylic acids is 2. The molecule has 1 saturated carbocycles. The first-order valence-electron chi connectivity index (χ1n) is 8.42. The molecule has 1 aromatic carbocycles. The first-order chi connectivity index (χ1) is 12.3. The van der Waals surface area contributed by atoms with E-state index in [0.29, 0.717) is 17.2 Å². The fourth-order valence-corrected chi connectivity index (χ4v) is 2.53. The highest BCUT2D eigenvalue weighted by Crippen LogP contribution is 2.46. The molecule has 1 aliphatic carbocycles. The Morgan fingerprint density at radius 3 is 2.15 bits per heavy atom. The van der Waals surface area contributed by atoms with Crippen molar-refractivity contribution in [2.75, 3.05) is 6.54 Å². The van der Waals surface area contributed by atoms with Gasteiger partial charge in [-0.25, -0.2) is 8.78 Å². The normalized spacial score (nSPS) is 17.7. The zero-order chi connectivity index (χ0) is 19.3. The first kappa shape index (κ1) is 19.7. The molecule has 3 rings (SSSR count). The van der Waals surface area contributed by atoms with Crippen LogP contribution in [-0.4, -0.2) is 23.2 Å². The predicted octanol–water partition coefficient (Wildman–Crippen LogP) is 3.86. The molecule has 1 unspecified atom stereocenters. The number of amides is 1. The second-order valence-electron chi connectivity index (χ2n) is 6.57. The van der Waals surface area contributed by atoms with Crippen LogP contribution in [-0.2, 0) is 9.59 Å². The van der Waals surface area contributed by atoms with E-state index in [9.17, 15) is 18.4 Å². The molecule has 1 fully saturated rings. The molecule has 0 saturated heterocycles. The molecule has 26 heavy (non-hydrogen) atoms. The predicted molar refractivity (Wildman–Crippen MR) is 95.5 cm³/mol. The maximum atomic E-state index is 13.1. The SMILES string of the molecule is CC(=O)CNC(C)=O.CC1C[C@H]1c1ccc(-c2cc(F)cc(F)c2)nc1. The van der Waals surface area contributed by atoms with Gasteiger partial charge in [-0.2, -0.15) is 0 Å². The number of ketones is 1. The van der Waals surface area contributed by atoms with Gasteiger partial charge in [-0.15, -0.1) is 0 Å². The Morgan fingerprint density at radius 1 is 1.15 bits per heavy atom. The molecule has 1 N–H and O–H groups in total. The van der Waals surface area contributed by atoms with Gasteiger partial charge in [0.05, 0.1) is 12.2 Å². The Bertz CT molecular complexity index is 757. The van der Waals surface area contributed by atoms with Crippen LogP contribution in [0.1, 0.15) is 38.7 Å². The fourth-order valence-electron chi connectivity index (χ4n) is 2.53. The van der Waals surface area contributed by atoms with Crippen LogP contribution in [0.4, 0.5) is 8.78 Å². The summed E-state index contributed by atoms with van der Waals surface area (Å²) in [6.07, 6.45) is 3.02. The van der Waals surface area contributed by atoms with E-state index >= 15 is 0 Å². The monoisotopic (exact) mass is 360 g/mol. The topological polar surface area (TPSA) is 59.1 Å². The quantitative estimate of drug-likeness (QED) is 0.901. The number of benzene rings is 1. The van der Waals surface area contributed by atoms with E-state index < -0.39 is 11.6 Å². The number of carbonyl (C=O) groups is 2. The minimum Gasteiger partial charge on any atom is -0.349 e. The van der Waals surface area contributed by atoms with Crippen molar-refractivity contribution in [2.24, 2.45) is 5.92 Å². The molecule has 6 heteroatoms. The summed E-state index contributed by atoms with van der Waals surface area (Å²) in [4.78, 5) is 24.5. The van der Waals surface area contributed by atoms with Gasteiger partial charge in [-0.1, -0.05) is 13.0 Å². The van der Waals surface area contributed by atoms with Gasteiger partial charge >= 0.3 is 0 Å². The summed E-state index contributed by atoms with van der Waals surface area (Å²) in [7, 11) is 0. The molecule has 1 aliphatic rings. The van der Waals surface area contributed by atoms with Crippen LogP contribution < -0.4 is 5.32 Å². The average Bonchev–Trinajstić information content (AvgIpc) is 3.30. The van der Waals surface area contributed by atoms with Crippen LogP contribution in [0.3, 0.4) is 0 Å². The van der Waals surface area contributed by atoms with Crippen LogP contribution in [0.25, 0.3) is 11.3 Å². The van der Waals surface area contributed by atoms with Crippen LogP contribution in [0, 0.1) is 17.6 Å². The van der Waals surface area contributed by atoms with E-state index in [1.54, 1.807) is 0 Å². The Balaban J connectivity index is 0.000000260. The van der Waals surface area contributed by atoms with Gasteiger partial charge < -0.3 is 5.32 Å². The standard InChI is InChI=1S/C15H13F2N.C5H9NO2/c1-9-4-14(9)10-2-3-15(18-8-10)11-5-12(16)7-13(17)6-11;1-4(7)3-6-5(2)8/h2-3,5-9,14H,4H2,1H3;3H2,1-2H3,(H,6,8)/t9?,14-;/m1./s1. The van der Waals surface area contributed by atoms with E-state index in [-0.39, 0.29) is 18.2 Å². The van der Waals surface area contributed by atoms with Crippen LogP contribution in [0.5, 0.6) is 0 Å². The van der Waals surface area contributed by atoms with Crippen LogP contribution >= 0.6 is 0 Å². The molecule has 0 radical (unpaired) electrons.